The normalized spacial score (nSPS) is 27.5. The summed E-state index contributed by atoms with van der Waals surface area (Å²) >= 11 is 0. The van der Waals surface area contributed by atoms with E-state index in [9.17, 15) is 0 Å². The molecule has 0 amide bonds. The number of hydrogen-bond donors (Lipinski definition) is 0. The molecule has 4 aromatic carbocycles. The quantitative estimate of drug-likeness (QED) is 0.215. The molecule has 7 aliphatic rings. The molecular formula is C47H36. The van der Waals surface area contributed by atoms with Crippen LogP contribution in [0.15, 0.2) is 161 Å². The van der Waals surface area contributed by atoms with Gasteiger partial charge in [-0.15, -0.1) is 0 Å². The smallest absolute Gasteiger partial charge is 0.0161 e. The van der Waals surface area contributed by atoms with Gasteiger partial charge in [0.25, 0.3) is 0 Å². The molecule has 0 heteroatoms. The van der Waals surface area contributed by atoms with E-state index in [1.54, 1.807) is 22.3 Å². The Kier molecular flexibility index (Phi) is 5.32. The maximum absolute atomic E-state index is 2.67. The van der Waals surface area contributed by atoms with Gasteiger partial charge in [-0.25, -0.2) is 0 Å². The minimum atomic E-state index is 0.387. The molecule has 1 saturated carbocycles. The summed E-state index contributed by atoms with van der Waals surface area (Å²) in [6, 6.07) is 25.3. The molecule has 0 spiro atoms. The zero-order valence-corrected chi connectivity index (χ0v) is 26.7. The second-order valence-electron chi connectivity index (χ2n) is 14.6. The summed E-state index contributed by atoms with van der Waals surface area (Å²) in [4.78, 5) is 0. The molecule has 0 N–H and O–H groups in total. The third-order valence-electron chi connectivity index (χ3n) is 12.5. The molecule has 0 bridgehead atoms. The van der Waals surface area contributed by atoms with E-state index in [1.165, 1.54) is 66.1 Å². The van der Waals surface area contributed by atoms with Crippen LogP contribution in [0.25, 0.3) is 43.8 Å². The Morgan fingerprint density at radius 1 is 0.660 bits per heavy atom. The van der Waals surface area contributed by atoms with Crippen molar-refractivity contribution in [1.82, 2.24) is 0 Å². The van der Waals surface area contributed by atoms with Gasteiger partial charge in [0.2, 0.25) is 0 Å². The Morgan fingerprint density at radius 3 is 2.38 bits per heavy atom. The van der Waals surface area contributed by atoms with Crippen molar-refractivity contribution in [3.63, 3.8) is 0 Å². The highest BCUT2D eigenvalue weighted by molar-refractivity contribution is 6.13. The summed E-state index contributed by atoms with van der Waals surface area (Å²) in [6.45, 7) is 2.37. The van der Waals surface area contributed by atoms with E-state index in [0.717, 1.165) is 19.3 Å². The number of hydrogen-bond acceptors (Lipinski definition) is 0. The van der Waals surface area contributed by atoms with Gasteiger partial charge in [0.1, 0.15) is 0 Å². The number of allylic oxidation sites excluding steroid dienone is 18. The SMILES string of the molecule is CC1=C(c2c3c(c(-c4ccc5ccccc5c4)c4ccccc24)C2CC=C4C5=CC=CC6=CC=CC(C65)C5C=CC3=C2C45)C=CCC1. The van der Waals surface area contributed by atoms with Gasteiger partial charge in [-0.05, 0) is 127 Å². The molecule has 0 aromatic heterocycles. The van der Waals surface area contributed by atoms with Gasteiger partial charge >= 0.3 is 0 Å². The van der Waals surface area contributed by atoms with Crippen LogP contribution in [-0.2, 0) is 0 Å². The largest absolute Gasteiger partial charge is 0.0836 e. The Hall–Kier alpha value is -4.94. The zero-order chi connectivity index (χ0) is 30.8. The van der Waals surface area contributed by atoms with Crippen molar-refractivity contribution in [3.05, 3.63) is 178 Å². The number of benzene rings is 4. The Balaban J connectivity index is 1.24. The van der Waals surface area contributed by atoms with Gasteiger partial charge < -0.3 is 0 Å². The molecule has 224 valence electrons. The summed E-state index contributed by atoms with van der Waals surface area (Å²) in [5.41, 5.74) is 18.2. The van der Waals surface area contributed by atoms with Crippen LogP contribution in [0.5, 0.6) is 0 Å². The molecule has 0 saturated heterocycles. The standard InChI is InChI=1S/C47H36/c1-27-10-2-5-15-32(27)43-36-17-7-6-16-35(36)42(31-21-20-28-11-3-4-12-30(28)26-31)46-39-24-22-37-33-18-8-13-29-14-9-19-34(41(29)33)38-23-25-40(47(43)46)45(39)44(37)38/h3-9,11-23,25-26,34,38-39,41,44H,2,10,24H2,1H3. The summed E-state index contributed by atoms with van der Waals surface area (Å²) < 4.78 is 0. The lowest BCUT2D eigenvalue weighted by Crippen LogP contribution is -2.41. The predicted octanol–water partition coefficient (Wildman–Crippen LogP) is 12.0. The van der Waals surface area contributed by atoms with Crippen LogP contribution in [0, 0.1) is 23.7 Å². The van der Waals surface area contributed by atoms with E-state index in [-0.39, 0.29) is 0 Å². The highest BCUT2D eigenvalue weighted by Crippen LogP contribution is 2.66. The summed E-state index contributed by atoms with van der Waals surface area (Å²) in [5, 5.41) is 5.39. The highest BCUT2D eigenvalue weighted by atomic mass is 14.6. The third-order valence-corrected chi connectivity index (χ3v) is 12.5. The van der Waals surface area contributed by atoms with Gasteiger partial charge in [-0.2, -0.15) is 0 Å². The van der Waals surface area contributed by atoms with Crippen molar-refractivity contribution in [1.29, 1.82) is 0 Å². The van der Waals surface area contributed by atoms with Crippen LogP contribution >= 0.6 is 0 Å². The molecule has 11 rings (SSSR count). The maximum Gasteiger partial charge on any atom is 0.0161 e. The molecule has 47 heavy (non-hydrogen) atoms. The van der Waals surface area contributed by atoms with Crippen LogP contribution in [0.4, 0.5) is 0 Å². The van der Waals surface area contributed by atoms with Crippen LogP contribution in [-0.4, -0.2) is 0 Å². The van der Waals surface area contributed by atoms with E-state index >= 15 is 0 Å². The third kappa shape index (κ3) is 3.43. The van der Waals surface area contributed by atoms with Crippen LogP contribution in [0.1, 0.15) is 48.8 Å². The first-order valence-electron chi connectivity index (χ1n) is 17.6. The molecule has 1 fully saturated rings. The van der Waals surface area contributed by atoms with E-state index in [1.807, 2.05) is 0 Å². The summed E-state index contributed by atoms with van der Waals surface area (Å²) in [5.74, 6) is 2.30. The lowest BCUT2D eigenvalue weighted by atomic mass is 9.53. The van der Waals surface area contributed by atoms with Crippen molar-refractivity contribution >= 4 is 32.7 Å². The van der Waals surface area contributed by atoms with Crippen molar-refractivity contribution < 1.29 is 0 Å². The number of rotatable bonds is 2. The summed E-state index contributed by atoms with van der Waals surface area (Å²) in [7, 11) is 0. The lowest BCUT2D eigenvalue weighted by molar-refractivity contribution is 0.291. The molecule has 0 aliphatic heterocycles. The molecule has 4 aromatic rings. The molecule has 0 nitrogen and oxygen atoms in total. The Morgan fingerprint density at radius 2 is 1.49 bits per heavy atom. The molecule has 5 atom stereocenters. The Bertz CT molecular complexity index is 2400. The van der Waals surface area contributed by atoms with Crippen LogP contribution < -0.4 is 0 Å². The van der Waals surface area contributed by atoms with E-state index in [4.69, 9.17) is 0 Å². The fourth-order valence-corrected chi connectivity index (χ4v) is 10.6. The van der Waals surface area contributed by atoms with E-state index < -0.39 is 0 Å². The van der Waals surface area contributed by atoms with Gasteiger partial charge in [-0.1, -0.05) is 133 Å². The minimum Gasteiger partial charge on any atom is -0.0836 e. The van der Waals surface area contributed by atoms with Gasteiger partial charge in [0.05, 0.1) is 0 Å². The van der Waals surface area contributed by atoms with Gasteiger partial charge in [0.15, 0.2) is 0 Å². The molecule has 5 unspecified atom stereocenters. The fraction of sp³-hybridized carbons (Fsp3) is 0.191. The topological polar surface area (TPSA) is 0 Å². The minimum absolute atomic E-state index is 0.387. The molecule has 7 aliphatic carbocycles. The second kappa shape index (κ2) is 9.55. The maximum atomic E-state index is 2.67. The van der Waals surface area contributed by atoms with Crippen molar-refractivity contribution in [2.24, 2.45) is 23.7 Å². The van der Waals surface area contributed by atoms with Crippen LogP contribution in [0.2, 0.25) is 0 Å². The first-order valence-corrected chi connectivity index (χ1v) is 17.6. The van der Waals surface area contributed by atoms with Gasteiger partial charge in [-0.3, -0.25) is 0 Å². The molecule has 0 radical (unpaired) electrons. The van der Waals surface area contributed by atoms with Crippen molar-refractivity contribution in [2.75, 3.05) is 0 Å². The lowest BCUT2D eigenvalue weighted by Gasteiger charge is -2.51. The Labute approximate surface area is 276 Å². The van der Waals surface area contributed by atoms with Crippen molar-refractivity contribution in [2.45, 2.75) is 32.1 Å². The zero-order valence-electron chi connectivity index (χ0n) is 26.7. The van der Waals surface area contributed by atoms with E-state index in [0.29, 0.717) is 29.6 Å². The first kappa shape index (κ1) is 26.2. The van der Waals surface area contributed by atoms with E-state index in [2.05, 4.69) is 140 Å². The number of fused-ring (bicyclic) bond motifs is 7. The monoisotopic (exact) mass is 600 g/mol. The summed E-state index contributed by atoms with van der Waals surface area (Å²) in [6.07, 6.45) is 30.3. The average molecular weight is 601 g/mol. The van der Waals surface area contributed by atoms with Crippen LogP contribution in [0.3, 0.4) is 0 Å². The molecule has 0 heterocycles. The van der Waals surface area contributed by atoms with Gasteiger partial charge in [0, 0.05) is 17.8 Å². The first-order chi connectivity index (χ1) is 23.3. The second-order valence-corrected chi connectivity index (χ2v) is 14.6. The average Bonchev–Trinajstić information content (AvgIpc) is 3.46. The van der Waals surface area contributed by atoms with Crippen molar-refractivity contribution in [3.8, 4) is 11.1 Å². The predicted molar refractivity (Wildman–Crippen MR) is 198 cm³/mol. The highest BCUT2D eigenvalue weighted by Gasteiger charge is 2.52. The fourth-order valence-electron chi connectivity index (χ4n) is 10.6. The molecular weight excluding hydrogens is 565 g/mol.